The molecule has 2 aromatic heterocycles. The van der Waals surface area contributed by atoms with Crippen molar-refractivity contribution in [3.63, 3.8) is 0 Å². The number of carbonyl (C=O) groups is 1. The summed E-state index contributed by atoms with van der Waals surface area (Å²) in [5.41, 5.74) is 7.37. The quantitative estimate of drug-likeness (QED) is 0.457. The number of rotatable bonds is 4. The molecule has 0 spiro atoms. The van der Waals surface area contributed by atoms with Gasteiger partial charge in [0.2, 0.25) is 0 Å². The van der Waals surface area contributed by atoms with Crippen molar-refractivity contribution in [3.05, 3.63) is 75.9 Å². The smallest absolute Gasteiger partial charge is 0.263 e. The third-order valence-electron chi connectivity index (χ3n) is 4.98. The molecule has 6 heteroatoms. The molecular weight excluding hydrogens is 382 g/mol. The second-order valence-electron chi connectivity index (χ2n) is 7.07. The molecule has 1 amide bonds. The SMILES string of the molecule is Cc1cc(C)c(-c2csc(NC(=O)c3c(-c4ccccc4)noc3C)n2)cc1C. The van der Waals surface area contributed by atoms with Gasteiger partial charge in [-0.15, -0.1) is 11.3 Å². The molecule has 29 heavy (non-hydrogen) atoms. The van der Waals surface area contributed by atoms with Gasteiger partial charge in [-0.1, -0.05) is 41.6 Å². The van der Waals surface area contributed by atoms with Gasteiger partial charge < -0.3 is 4.52 Å². The van der Waals surface area contributed by atoms with Gasteiger partial charge in [-0.05, 0) is 50.5 Å². The van der Waals surface area contributed by atoms with Gasteiger partial charge in [0, 0.05) is 16.5 Å². The molecule has 1 N–H and O–H groups in total. The fourth-order valence-corrected chi connectivity index (χ4v) is 3.99. The van der Waals surface area contributed by atoms with Gasteiger partial charge in [-0.25, -0.2) is 4.98 Å². The summed E-state index contributed by atoms with van der Waals surface area (Å²) in [4.78, 5) is 17.6. The van der Waals surface area contributed by atoms with E-state index in [0.717, 1.165) is 22.4 Å². The van der Waals surface area contributed by atoms with Crippen molar-refractivity contribution in [2.75, 3.05) is 5.32 Å². The fourth-order valence-electron chi connectivity index (χ4n) is 3.28. The molecule has 0 bridgehead atoms. The number of carbonyl (C=O) groups excluding carboxylic acids is 1. The molecule has 0 saturated carbocycles. The van der Waals surface area contributed by atoms with Crippen LogP contribution in [0, 0.1) is 27.7 Å². The van der Waals surface area contributed by atoms with Crippen LogP contribution in [0.1, 0.15) is 32.8 Å². The number of nitrogens with one attached hydrogen (secondary N) is 1. The summed E-state index contributed by atoms with van der Waals surface area (Å²) in [5.74, 6) is 0.198. The van der Waals surface area contributed by atoms with Crippen molar-refractivity contribution in [1.82, 2.24) is 10.1 Å². The lowest BCUT2D eigenvalue weighted by Gasteiger charge is -2.07. The van der Waals surface area contributed by atoms with E-state index in [2.05, 4.69) is 48.4 Å². The summed E-state index contributed by atoms with van der Waals surface area (Å²) >= 11 is 1.40. The molecule has 0 aliphatic heterocycles. The zero-order chi connectivity index (χ0) is 20.5. The van der Waals surface area contributed by atoms with Crippen molar-refractivity contribution in [2.45, 2.75) is 27.7 Å². The summed E-state index contributed by atoms with van der Waals surface area (Å²) in [7, 11) is 0. The van der Waals surface area contributed by atoms with Crippen LogP contribution in [0.5, 0.6) is 0 Å². The highest BCUT2D eigenvalue weighted by atomic mass is 32.1. The average molecular weight is 404 g/mol. The van der Waals surface area contributed by atoms with Crippen LogP contribution in [0.2, 0.25) is 0 Å². The number of aromatic nitrogens is 2. The van der Waals surface area contributed by atoms with Crippen LogP contribution in [-0.4, -0.2) is 16.0 Å². The molecule has 0 aliphatic carbocycles. The summed E-state index contributed by atoms with van der Waals surface area (Å²) in [6.45, 7) is 8.00. The van der Waals surface area contributed by atoms with E-state index in [1.807, 2.05) is 35.7 Å². The van der Waals surface area contributed by atoms with E-state index in [1.54, 1.807) is 6.92 Å². The maximum absolute atomic E-state index is 13.0. The van der Waals surface area contributed by atoms with Crippen LogP contribution < -0.4 is 5.32 Å². The number of aryl methyl sites for hydroxylation is 4. The maximum Gasteiger partial charge on any atom is 0.263 e. The number of amides is 1. The first-order valence-corrected chi connectivity index (χ1v) is 10.2. The average Bonchev–Trinajstić information content (AvgIpc) is 3.32. The summed E-state index contributed by atoms with van der Waals surface area (Å²) in [6, 6.07) is 13.8. The Bertz CT molecular complexity index is 1190. The second kappa shape index (κ2) is 7.64. The summed E-state index contributed by atoms with van der Waals surface area (Å²) in [6.07, 6.45) is 0. The van der Waals surface area contributed by atoms with Crippen LogP contribution in [0.4, 0.5) is 5.13 Å². The highest BCUT2D eigenvalue weighted by Gasteiger charge is 2.22. The minimum Gasteiger partial charge on any atom is -0.360 e. The van der Waals surface area contributed by atoms with Gasteiger partial charge in [0.15, 0.2) is 5.13 Å². The molecule has 2 heterocycles. The largest absolute Gasteiger partial charge is 0.360 e. The minimum atomic E-state index is -0.277. The summed E-state index contributed by atoms with van der Waals surface area (Å²) < 4.78 is 5.30. The number of nitrogens with zero attached hydrogens (tertiary/aromatic N) is 2. The zero-order valence-electron chi connectivity index (χ0n) is 16.7. The number of hydrogen-bond acceptors (Lipinski definition) is 5. The van der Waals surface area contributed by atoms with Crippen LogP contribution >= 0.6 is 11.3 Å². The lowest BCUT2D eigenvalue weighted by molar-refractivity contribution is 0.102. The first-order valence-electron chi connectivity index (χ1n) is 9.31. The fraction of sp³-hybridized carbons (Fsp3) is 0.174. The van der Waals surface area contributed by atoms with Crippen molar-refractivity contribution in [1.29, 1.82) is 0 Å². The molecule has 4 aromatic rings. The number of hydrogen-bond donors (Lipinski definition) is 1. The Morgan fingerprint density at radius 2 is 1.72 bits per heavy atom. The van der Waals surface area contributed by atoms with Gasteiger partial charge in [0.1, 0.15) is 17.0 Å². The van der Waals surface area contributed by atoms with E-state index in [0.29, 0.717) is 22.1 Å². The minimum absolute atomic E-state index is 0.277. The van der Waals surface area contributed by atoms with E-state index in [-0.39, 0.29) is 5.91 Å². The Balaban J connectivity index is 1.62. The van der Waals surface area contributed by atoms with Crippen molar-refractivity contribution < 1.29 is 9.32 Å². The van der Waals surface area contributed by atoms with Crippen molar-refractivity contribution in [3.8, 4) is 22.5 Å². The molecule has 0 radical (unpaired) electrons. The predicted octanol–water partition coefficient (Wildman–Crippen LogP) is 5.95. The number of benzene rings is 2. The molecule has 146 valence electrons. The third-order valence-corrected chi connectivity index (χ3v) is 5.74. The lowest BCUT2D eigenvalue weighted by Crippen LogP contribution is -2.13. The van der Waals surface area contributed by atoms with Crippen molar-refractivity contribution >= 4 is 22.4 Å². The maximum atomic E-state index is 13.0. The molecule has 2 aromatic carbocycles. The normalized spacial score (nSPS) is 10.9. The van der Waals surface area contributed by atoms with Gasteiger partial charge in [0.25, 0.3) is 5.91 Å². The Labute approximate surface area is 173 Å². The monoisotopic (exact) mass is 403 g/mol. The Kier molecular flexibility index (Phi) is 5.03. The highest BCUT2D eigenvalue weighted by molar-refractivity contribution is 7.14. The van der Waals surface area contributed by atoms with E-state index in [1.165, 1.54) is 22.5 Å². The molecule has 0 atom stereocenters. The van der Waals surface area contributed by atoms with Crippen LogP contribution in [0.25, 0.3) is 22.5 Å². The predicted molar refractivity (Wildman–Crippen MR) is 116 cm³/mol. The Hall–Kier alpha value is -3.25. The topological polar surface area (TPSA) is 68.0 Å². The molecule has 0 fully saturated rings. The summed E-state index contributed by atoms with van der Waals surface area (Å²) in [5, 5.41) is 9.48. The first kappa shape index (κ1) is 19.1. The number of thiazole rings is 1. The van der Waals surface area contributed by atoms with Crippen molar-refractivity contribution in [2.24, 2.45) is 0 Å². The van der Waals surface area contributed by atoms with Gasteiger partial charge in [0.05, 0.1) is 5.69 Å². The Morgan fingerprint density at radius 1 is 1.00 bits per heavy atom. The first-order chi connectivity index (χ1) is 13.9. The van der Waals surface area contributed by atoms with Gasteiger partial charge >= 0.3 is 0 Å². The standard InChI is InChI=1S/C23H21N3O2S/c1-13-10-15(3)18(11-14(13)2)19-12-29-23(24-19)25-22(27)20-16(4)28-26-21(20)17-8-6-5-7-9-17/h5-12H,1-4H3,(H,24,25,27). The van der Waals surface area contributed by atoms with E-state index in [9.17, 15) is 4.79 Å². The molecule has 4 rings (SSSR count). The van der Waals surface area contributed by atoms with Crippen LogP contribution in [0.15, 0.2) is 52.4 Å². The molecule has 5 nitrogen and oxygen atoms in total. The second-order valence-corrected chi connectivity index (χ2v) is 7.93. The molecule has 0 saturated heterocycles. The number of anilines is 1. The van der Waals surface area contributed by atoms with Gasteiger partial charge in [-0.2, -0.15) is 0 Å². The lowest BCUT2D eigenvalue weighted by atomic mass is 9.99. The van der Waals surface area contributed by atoms with E-state index < -0.39 is 0 Å². The molecular formula is C23H21N3O2S. The van der Waals surface area contributed by atoms with E-state index >= 15 is 0 Å². The van der Waals surface area contributed by atoms with Crippen LogP contribution in [-0.2, 0) is 0 Å². The van der Waals surface area contributed by atoms with Gasteiger partial charge in [-0.3, -0.25) is 10.1 Å². The molecule has 0 aliphatic rings. The molecule has 0 unspecified atom stereocenters. The third kappa shape index (κ3) is 3.71. The Morgan fingerprint density at radius 3 is 2.48 bits per heavy atom. The van der Waals surface area contributed by atoms with E-state index in [4.69, 9.17) is 4.52 Å². The zero-order valence-corrected chi connectivity index (χ0v) is 17.6. The highest BCUT2D eigenvalue weighted by Crippen LogP contribution is 2.31. The van der Waals surface area contributed by atoms with Crippen LogP contribution in [0.3, 0.4) is 0 Å².